The second kappa shape index (κ2) is 10.6. The first-order valence-electron chi connectivity index (χ1n) is 9.81. The fourth-order valence-corrected chi connectivity index (χ4v) is 3.00. The van der Waals surface area contributed by atoms with Crippen LogP contribution >= 0.6 is 0 Å². The number of aliphatic hydroxyl groups is 1. The van der Waals surface area contributed by atoms with Crippen molar-refractivity contribution in [3.63, 3.8) is 0 Å². The maximum Gasteiger partial charge on any atom is 0.255 e. The summed E-state index contributed by atoms with van der Waals surface area (Å²) in [7, 11) is 0. The highest BCUT2D eigenvalue weighted by Gasteiger charge is 2.13. The van der Waals surface area contributed by atoms with Gasteiger partial charge in [-0.1, -0.05) is 51.1 Å². The Morgan fingerprint density at radius 1 is 1.04 bits per heavy atom. The Kier molecular flexibility index (Phi) is 8.20. The highest BCUT2D eigenvalue weighted by atomic mass is 16.3. The van der Waals surface area contributed by atoms with Gasteiger partial charge in [0.2, 0.25) is 5.91 Å². The molecule has 0 spiro atoms. The second-order valence-corrected chi connectivity index (χ2v) is 7.44. The van der Waals surface area contributed by atoms with Crippen molar-refractivity contribution < 1.29 is 14.7 Å². The van der Waals surface area contributed by atoms with Crippen LogP contribution in [0.2, 0.25) is 0 Å². The molecule has 0 aliphatic heterocycles. The summed E-state index contributed by atoms with van der Waals surface area (Å²) >= 11 is 0. The summed E-state index contributed by atoms with van der Waals surface area (Å²) < 4.78 is 0. The van der Waals surface area contributed by atoms with E-state index in [4.69, 9.17) is 5.11 Å². The van der Waals surface area contributed by atoms with E-state index in [1.807, 2.05) is 43.3 Å². The average molecular weight is 383 g/mol. The molecule has 150 valence electrons. The molecule has 0 unspecified atom stereocenters. The largest absolute Gasteiger partial charge is 0.394 e. The molecule has 0 saturated heterocycles. The molecule has 0 bridgehead atoms. The molecule has 28 heavy (non-hydrogen) atoms. The Morgan fingerprint density at radius 2 is 1.71 bits per heavy atom. The summed E-state index contributed by atoms with van der Waals surface area (Å²) in [4.78, 5) is 24.7. The molecule has 0 aromatic heterocycles. The molecular formula is C23H30N2O3. The van der Waals surface area contributed by atoms with E-state index in [0.29, 0.717) is 23.6 Å². The summed E-state index contributed by atoms with van der Waals surface area (Å²) in [5.41, 5.74) is 3.27. The van der Waals surface area contributed by atoms with Crippen LogP contribution in [0.25, 0.3) is 0 Å². The normalized spacial score (nSPS) is 11.9. The van der Waals surface area contributed by atoms with Crippen LogP contribution in [-0.2, 0) is 17.6 Å². The number of benzene rings is 2. The second-order valence-electron chi connectivity index (χ2n) is 7.44. The monoisotopic (exact) mass is 382 g/mol. The van der Waals surface area contributed by atoms with E-state index in [1.165, 1.54) is 0 Å². The van der Waals surface area contributed by atoms with Crippen molar-refractivity contribution in [2.24, 2.45) is 5.92 Å². The number of amides is 2. The molecule has 2 aromatic rings. The molecule has 2 amide bonds. The van der Waals surface area contributed by atoms with Gasteiger partial charge in [-0.3, -0.25) is 9.59 Å². The van der Waals surface area contributed by atoms with Crippen molar-refractivity contribution >= 4 is 17.5 Å². The lowest BCUT2D eigenvalue weighted by Gasteiger charge is -2.14. The highest BCUT2D eigenvalue weighted by Crippen LogP contribution is 2.17. The number of hydrogen-bond acceptors (Lipinski definition) is 3. The summed E-state index contributed by atoms with van der Waals surface area (Å²) in [6.07, 6.45) is 1.78. The van der Waals surface area contributed by atoms with Crippen LogP contribution in [0.3, 0.4) is 0 Å². The molecule has 2 rings (SSSR count). The standard InChI is InChI=1S/C23H30N2O3/c1-4-19(15-26)24-22(27)14-17-9-11-20(12-10-17)25-23(28)21-8-6-5-7-18(21)13-16(2)3/h5-12,16,19,26H,4,13-15H2,1-3H3,(H,24,27)(H,25,28)/t19-/m0/s1. The Morgan fingerprint density at radius 3 is 2.32 bits per heavy atom. The van der Waals surface area contributed by atoms with E-state index in [1.54, 1.807) is 12.1 Å². The van der Waals surface area contributed by atoms with E-state index in [9.17, 15) is 9.59 Å². The first kappa shape index (κ1) is 21.6. The van der Waals surface area contributed by atoms with Gasteiger partial charge in [0.15, 0.2) is 0 Å². The summed E-state index contributed by atoms with van der Waals surface area (Å²) in [5, 5.41) is 14.9. The molecule has 3 N–H and O–H groups in total. The van der Waals surface area contributed by atoms with Crippen molar-refractivity contribution in [3.05, 3.63) is 65.2 Å². The number of aliphatic hydroxyl groups excluding tert-OH is 1. The van der Waals surface area contributed by atoms with E-state index in [-0.39, 0.29) is 30.9 Å². The van der Waals surface area contributed by atoms with Gasteiger partial charge in [-0.2, -0.15) is 0 Å². The van der Waals surface area contributed by atoms with Crippen molar-refractivity contribution in [2.45, 2.75) is 46.1 Å². The van der Waals surface area contributed by atoms with Crippen molar-refractivity contribution in [3.8, 4) is 0 Å². The third-order valence-electron chi connectivity index (χ3n) is 4.54. The maximum absolute atomic E-state index is 12.7. The number of carbonyl (C=O) groups is 2. The zero-order valence-corrected chi connectivity index (χ0v) is 16.9. The van der Waals surface area contributed by atoms with E-state index >= 15 is 0 Å². The summed E-state index contributed by atoms with van der Waals surface area (Å²) in [5.74, 6) is 0.216. The van der Waals surface area contributed by atoms with Gasteiger partial charge in [0.25, 0.3) is 5.91 Å². The molecule has 0 fully saturated rings. The van der Waals surface area contributed by atoms with Crippen LogP contribution in [0, 0.1) is 5.92 Å². The quantitative estimate of drug-likeness (QED) is 0.620. The van der Waals surface area contributed by atoms with Crippen molar-refractivity contribution in [1.29, 1.82) is 0 Å². The predicted molar refractivity (Wildman–Crippen MR) is 112 cm³/mol. The molecule has 2 aromatic carbocycles. The fourth-order valence-electron chi connectivity index (χ4n) is 3.00. The van der Waals surface area contributed by atoms with Gasteiger partial charge in [0.1, 0.15) is 0 Å². The Labute approximate surface area is 167 Å². The molecule has 0 aliphatic carbocycles. The smallest absolute Gasteiger partial charge is 0.255 e. The van der Waals surface area contributed by atoms with E-state index in [2.05, 4.69) is 24.5 Å². The van der Waals surface area contributed by atoms with Crippen LogP contribution in [0.4, 0.5) is 5.69 Å². The minimum atomic E-state index is -0.211. The first-order chi connectivity index (χ1) is 13.4. The number of hydrogen-bond donors (Lipinski definition) is 3. The summed E-state index contributed by atoms with van der Waals surface area (Å²) in [6.45, 7) is 6.11. The van der Waals surface area contributed by atoms with Crippen LogP contribution < -0.4 is 10.6 Å². The van der Waals surface area contributed by atoms with Crippen molar-refractivity contribution in [2.75, 3.05) is 11.9 Å². The number of anilines is 1. The third-order valence-corrected chi connectivity index (χ3v) is 4.54. The molecule has 0 radical (unpaired) electrons. The van der Waals surface area contributed by atoms with Crippen molar-refractivity contribution in [1.82, 2.24) is 5.32 Å². The molecule has 1 atom stereocenters. The number of nitrogens with one attached hydrogen (secondary N) is 2. The van der Waals surface area contributed by atoms with Crippen LogP contribution in [-0.4, -0.2) is 29.6 Å². The van der Waals surface area contributed by atoms with Gasteiger partial charge in [-0.05, 0) is 48.1 Å². The highest BCUT2D eigenvalue weighted by molar-refractivity contribution is 6.05. The topological polar surface area (TPSA) is 78.4 Å². The Hall–Kier alpha value is -2.66. The lowest BCUT2D eigenvalue weighted by molar-refractivity contribution is -0.121. The molecule has 5 nitrogen and oxygen atoms in total. The minimum Gasteiger partial charge on any atom is -0.394 e. The Bertz CT molecular complexity index is 781. The molecule has 0 saturated carbocycles. The maximum atomic E-state index is 12.7. The molecule has 5 heteroatoms. The van der Waals surface area contributed by atoms with Crippen LogP contribution in [0.5, 0.6) is 0 Å². The van der Waals surface area contributed by atoms with Gasteiger partial charge < -0.3 is 15.7 Å². The minimum absolute atomic E-state index is 0.0640. The van der Waals surface area contributed by atoms with Crippen LogP contribution in [0.1, 0.15) is 48.7 Å². The van der Waals surface area contributed by atoms with E-state index < -0.39 is 0 Å². The van der Waals surface area contributed by atoms with Gasteiger partial charge >= 0.3 is 0 Å². The van der Waals surface area contributed by atoms with Gasteiger partial charge in [-0.25, -0.2) is 0 Å². The molecular weight excluding hydrogens is 352 g/mol. The molecule has 0 heterocycles. The van der Waals surface area contributed by atoms with Gasteiger partial charge in [0, 0.05) is 11.3 Å². The average Bonchev–Trinajstić information content (AvgIpc) is 2.67. The van der Waals surface area contributed by atoms with E-state index in [0.717, 1.165) is 17.5 Å². The summed E-state index contributed by atoms with van der Waals surface area (Å²) in [6, 6.07) is 14.7. The third kappa shape index (κ3) is 6.50. The Balaban J connectivity index is 1.99. The van der Waals surface area contributed by atoms with Gasteiger partial charge in [0.05, 0.1) is 19.1 Å². The zero-order valence-electron chi connectivity index (χ0n) is 16.9. The molecule has 0 aliphatic rings. The predicted octanol–water partition coefficient (Wildman–Crippen LogP) is 3.57. The van der Waals surface area contributed by atoms with Gasteiger partial charge in [-0.15, -0.1) is 0 Å². The SMILES string of the molecule is CC[C@@H](CO)NC(=O)Cc1ccc(NC(=O)c2ccccc2CC(C)C)cc1. The number of rotatable bonds is 9. The fraction of sp³-hybridized carbons (Fsp3) is 0.391. The lowest BCUT2D eigenvalue weighted by atomic mass is 9.97. The number of carbonyl (C=O) groups excluding carboxylic acids is 2. The van der Waals surface area contributed by atoms with Crippen LogP contribution in [0.15, 0.2) is 48.5 Å². The first-order valence-corrected chi connectivity index (χ1v) is 9.81. The zero-order chi connectivity index (χ0) is 20.5. The lowest BCUT2D eigenvalue weighted by Crippen LogP contribution is -2.37.